The smallest absolute Gasteiger partial charge is 0.219 e. The summed E-state index contributed by atoms with van der Waals surface area (Å²) < 4.78 is 6.27. The van der Waals surface area contributed by atoms with Crippen LogP contribution in [0.15, 0.2) is 28.9 Å². The molecule has 0 aliphatic rings. The number of aromatic nitrogens is 1. The van der Waals surface area contributed by atoms with Gasteiger partial charge >= 0.3 is 0 Å². The molecule has 0 radical (unpaired) electrons. The van der Waals surface area contributed by atoms with Crippen molar-refractivity contribution in [2.24, 2.45) is 0 Å². The molecule has 0 N–H and O–H groups in total. The highest BCUT2D eigenvalue weighted by Crippen LogP contribution is 2.36. The van der Waals surface area contributed by atoms with Crippen molar-refractivity contribution in [1.82, 2.24) is 4.98 Å². The lowest BCUT2D eigenvalue weighted by atomic mass is 10.3. The van der Waals surface area contributed by atoms with Gasteiger partial charge in [-0.2, -0.15) is 0 Å². The van der Waals surface area contributed by atoms with Crippen LogP contribution >= 0.6 is 62.3 Å². The molecule has 2 nitrogen and oxygen atoms in total. The van der Waals surface area contributed by atoms with Crippen molar-refractivity contribution in [3.05, 3.63) is 49.5 Å². The molecule has 19 heavy (non-hydrogen) atoms. The maximum Gasteiger partial charge on any atom is 0.219 e. The van der Waals surface area contributed by atoms with E-state index in [0.29, 0.717) is 31.2 Å². The minimum absolute atomic E-state index is 0.270. The van der Waals surface area contributed by atoms with E-state index in [1.807, 2.05) is 0 Å². The first-order valence-electron chi connectivity index (χ1n) is 5.04. The molecule has 1 aromatic heterocycles. The Hall–Kier alpha value is -0.190. The summed E-state index contributed by atoms with van der Waals surface area (Å²) in [4.78, 5) is 4.05. The van der Waals surface area contributed by atoms with Gasteiger partial charge < -0.3 is 4.74 Å². The van der Waals surface area contributed by atoms with Gasteiger partial charge in [-0.05, 0) is 27.6 Å². The maximum absolute atomic E-state index is 6.06. The summed E-state index contributed by atoms with van der Waals surface area (Å²) in [7, 11) is 0. The van der Waals surface area contributed by atoms with Gasteiger partial charge in [-0.25, -0.2) is 4.98 Å². The van der Waals surface area contributed by atoms with E-state index in [-0.39, 0.29) is 5.88 Å². The molecule has 0 fully saturated rings. The van der Waals surface area contributed by atoms with Crippen LogP contribution in [0.2, 0.25) is 15.1 Å². The minimum atomic E-state index is 0.270. The van der Waals surface area contributed by atoms with E-state index in [4.69, 9.17) is 51.1 Å². The number of alkyl halides is 1. The van der Waals surface area contributed by atoms with E-state index in [1.165, 1.54) is 6.20 Å². The third kappa shape index (κ3) is 3.67. The number of rotatable bonds is 3. The van der Waals surface area contributed by atoms with Crippen LogP contribution in [-0.2, 0) is 5.88 Å². The molecular weight excluding hydrogens is 396 g/mol. The second-order valence-electron chi connectivity index (χ2n) is 3.55. The molecule has 0 bridgehead atoms. The predicted octanol–water partition coefficient (Wildman–Crippen LogP) is 6.34. The molecule has 100 valence electrons. The van der Waals surface area contributed by atoms with Crippen molar-refractivity contribution < 1.29 is 4.74 Å². The van der Waals surface area contributed by atoms with E-state index in [9.17, 15) is 0 Å². The second kappa shape index (κ2) is 6.51. The summed E-state index contributed by atoms with van der Waals surface area (Å²) in [6.45, 7) is 0. The number of benzene rings is 1. The lowest BCUT2D eigenvalue weighted by molar-refractivity contribution is 0.462. The van der Waals surface area contributed by atoms with Crippen LogP contribution < -0.4 is 4.74 Å². The van der Waals surface area contributed by atoms with E-state index < -0.39 is 0 Å². The average Bonchev–Trinajstić information content (AvgIpc) is 2.38. The topological polar surface area (TPSA) is 22.1 Å². The molecule has 1 heterocycles. The molecule has 0 spiro atoms. The number of halogens is 5. The van der Waals surface area contributed by atoms with Crippen LogP contribution in [0.3, 0.4) is 0 Å². The maximum atomic E-state index is 6.06. The highest BCUT2D eigenvalue weighted by atomic mass is 79.9. The number of pyridine rings is 1. The highest BCUT2D eigenvalue weighted by Gasteiger charge is 2.10. The van der Waals surface area contributed by atoms with Gasteiger partial charge in [-0.1, -0.05) is 34.8 Å². The highest BCUT2D eigenvalue weighted by molar-refractivity contribution is 9.10. The van der Waals surface area contributed by atoms with Gasteiger partial charge in [0.25, 0.3) is 0 Å². The van der Waals surface area contributed by atoms with Crippen molar-refractivity contribution >= 4 is 62.3 Å². The summed E-state index contributed by atoms with van der Waals surface area (Å²) in [6.07, 6.45) is 1.48. The second-order valence-corrected chi connectivity index (χ2v) is 5.89. The fourth-order valence-corrected chi connectivity index (χ4v) is 2.60. The van der Waals surface area contributed by atoms with E-state index in [0.717, 1.165) is 5.56 Å². The van der Waals surface area contributed by atoms with Crippen LogP contribution in [0.25, 0.3) is 0 Å². The third-order valence-corrected chi connectivity index (χ3v) is 4.36. The normalized spacial score (nSPS) is 10.6. The zero-order chi connectivity index (χ0) is 14.0. The molecule has 2 rings (SSSR count). The third-order valence-electron chi connectivity index (χ3n) is 2.24. The van der Waals surface area contributed by atoms with Gasteiger partial charge in [-0.3, -0.25) is 0 Å². The number of hydrogen-bond donors (Lipinski definition) is 0. The van der Waals surface area contributed by atoms with E-state index in [2.05, 4.69) is 20.9 Å². The first-order valence-corrected chi connectivity index (χ1v) is 7.50. The van der Waals surface area contributed by atoms with Crippen LogP contribution in [0, 0.1) is 0 Å². The summed E-state index contributed by atoms with van der Waals surface area (Å²) in [6, 6.07) is 4.91. The summed E-state index contributed by atoms with van der Waals surface area (Å²) in [5.74, 6) is 1.03. The quantitative estimate of drug-likeness (QED) is 0.442. The number of hydrogen-bond acceptors (Lipinski definition) is 2. The van der Waals surface area contributed by atoms with Crippen molar-refractivity contribution in [2.45, 2.75) is 5.88 Å². The number of ether oxygens (including phenoxy) is 1. The first kappa shape index (κ1) is 15.2. The molecule has 0 aliphatic carbocycles. The Morgan fingerprint density at radius 2 is 1.79 bits per heavy atom. The van der Waals surface area contributed by atoms with Crippen molar-refractivity contribution in [2.75, 3.05) is 0 Å². The van der Waals surface area contributed by atoms with Crippen LogP contribution in [0.1, 0.15) is 5.56 Å². The molecule has 0 unspecified atom stereocenters. The lowest BCUT2D eigenvalue weighted by Crippen LogP contribution is -1.91. The predicted molar refractivity (Wildman–Crippen MR) is 83.0 cm³/mol. The van der Waals surface area contributed by atoms with Crippen molar-refractivity contribution in [3.63, 3.8) is 0 Å². The molecule has 7 heteroatoms. The average molecular weight is 402 g/mol. The zero-order valence-electron chi connectivity index (χ0n) is 9.26. The van der Waals surface area contributed by atoms with Gasteiger partial charge in [0.1, 0.15) is 5.75 Å². The van der Waals surface area contributed by atoms with Crippen LogP contribution in [-0.4, -0.2) is 4.98 Å². The van der Waals surface area contributed by atoms with Gasteiger partial charge in [0, 0.05) is 28.7 Å². The molecule has 0 saturated carbocycles. The first-order chi connectivity index (χ1) is 9.01. The Kier molecular flexibility index (Phi) is 5.21. The Labute approximate surface area is 138 Å². The largest absolute Gasteiger partial charge is 0.437 e. The van der Waals surface area contributed by atoms with E-state index in [1.54, 1.807) is 18.2 Å². The minimum Gasteiger partial charge on any atom is -0.437 e. The van der Waals surface area contributed by atoms with Crippen molar-refractivity contribution in [1.29, 1.82) is 0 Å². The molecule has 1 aromatic carbocycles. The van der Waals surface area contributed by atoms with Crippen LogP contribution in [0.5, 0.6) is 11.6 Å². The van der Waals surface area contributed by atoms with Gasteiger partial charge in [-0.15, -0.1) is 11.6 Å². The standard InChI is InChI=1S/C12H6BrCl4NO/c13-7-2-9(16)11(3-8(7)15)19-12-1-6(4-14)10(17)5-18-12/h1-3,5H,4H2. The SMILES string of the molecule is ClCc1cc(Oc2cc(Cl)c(Br)cc2Cl)ncc1Cl. The molecule has 0 saturated heterocycles. The van der Waals surface area contributed by atoms with E-state index >= 15 is 0 Å². The summed E-state index contributed by atoms with van der Waals surface area (Å²) in [5, 5.41) is 1.40. The molecular formula is C12H6BrCl4NO. The zero-order valence-corrected chi connectivity index (χ0v) is 13.9. The van der Waals surface area contributed by atoms with Crippen LogP contribution in [0.4, 0.5) is 0 Å². The molecule has 0 atom stereocenters. The summed E-state index contributed by atoms with van der Waals surface area (Å²) in [5.41, 5.74) is 0.729. The van der Waals surface area contributed by atoms with Gasteiger partial charge in [0.15, 0.2) is 0 Å². The Morgan fingerprint density at radius 1 is 1.05 bits per heavy atom. The molecule has 2 aromatic rings. The van der Waals surface area contributed by atoms with Crippen molar-refractivity contribution in [3.8, 4) is 11.6 Å². The lowest BCUT2D eigenvalue weighted by Gasteiger charge is -2.09. The summed E-state index contributed by atoms with van der Waals surface area (Å²) >= 11 is 27.0. The molecule has 0 aliphatic heterocycles. The van der Waals surface area contributed by atoms with Gasteiger partial charge in [0.05, 0.1) is 15.1 Å². The molecule has 0 amide bonds. The number of nitrogens with zero attached hydrogens (tertiary/aromatic N) is 1. The monoisotopic (exact) mass is 399 g/mol. The Bertz CT molecular complexity index is 621. The Balaban J connectivity index is 2.33. The Morgan fingerprint density at radius 3 is 2.47 bits per heavy atom. The van der Waals surface area contributed by atoms with Gasteiger partial charge in [0.2, 0.25) is 5.88 Å². The fraction of sp³-hybridized carbons (Fsp3) is 0.0833. The fourth-order valence-electron chi connectivity index (χ4n) is 1.31.